The highest BCUT2D eigenvalue weighted by Crippen LogP contribution is 2.40. The van der Waals surface area contributed by atoms with Crippen LogP contribution in [0.5, 0.6) is 0 Å². The van der Waals surface area contributed by atoms with Crippen molar-refractivity contribution >= 4 is 17.0 Å². The molecule has 0 unspecified atom stereocenters. The lowest BCUT2D eigenvalue weighted by Crippen LogP contribution is -1.96. The Labute approximate surface area is 77.6 Å². The van der Waals surface area contributed by atoms with Gasteiger partial charge in [-0.2, -0.15) is 0 Å². The Morgan fingerprint density at radius 2 is 2.08 bits per heavy atom. The Bertz CT molecular complexity index is 252. The predicted molar refractivity (Wildman–Crippen MR) is 54.7 cm³/mol. The van der Waals surface area contributed by atoms with Crippen molar-refractivity contribution < 1.29 is 0 Å². The van der Waals surface area contributed by atoms with Crippen molar-refractivity contribution in [2.45, 2.75) is 38.5 Å². The first-order chi connectivity index (χ1) is 5.79. The Kier molecular flexibility index (Phi) is 2.09. The number of aryl methyl sites for hydroxylation is 1. The molecule has 0 atom stereocenters. The Morgan fingerprint density at radius 1 is 1.42 bits per heavy atom. The number of nitrogens with two attached hydrogens (primary N) is 1. The van der Waals surface area contributed by atoms with Crippen LogP contribution >= 0.6 is 11.3 Å². The number of hydrogen-bond acceptors (Lipinski definition) is 2. The van der Waals surface area contributed by atoms with Crippen molar-refractivity contribution in [1.82, 2.24) is 0 Å². The SMILES string of the molecule is Cc1scc(N)c1C1CCCC1. The van der Waals surface area contributed by atoms with E-state index < -0.39 is 0 Å². The number of thiophene rings is 1. The second-order valence-corrected chi connectivity index (χ2v) is 4.73. The molecule has 1 saturated carbocycles. The smallest absolute Gasteiger partial charge is 0.0460 e. The predicted octanol–water partition coefficient (Wildman–Crippen LogP) is 3.30. The maximum Gasteiger partial charge on any atom is 0.0460 e. The topological polar surface area (TPSA) is 26.0 Å². The third-order valence-corrected chi connectivity index (χ3v) is 3.76. The van der Waals surface area contributed by atoms with Crippen LogP contribution in [0.25, 0.3) is 0 Å². The van der Waals surface area contributed by atoms with E-state index in [0.717, 1.165) is 11.6 Å². The fourth-order valence-electron chi connectivity index (χ4n) is 2.22. The molecule has 1 heterocycles. The molecule has 0 aromatic carbocycles. The van der Waals surface area contributed by atoms with Crippen molar-refractivity contribution in [3.8, 4) is 0 Å². The second-order valence-electron chi connectivity index (χ2n) is 3.64. The van der Waals surface area contributed by atoms with E-state index in [9.17, 15) is 0 Å². The van der Waals surface area contributed by atoms with E-state index in [1.54, 1.807) is 11.3 Å². The largest absolute Gasteiger partial charge is 0.398 e. The van der Waals surface area contributed by atoms with Gasteiger partial charge in [-0.25, -0.2) is 0 Å². The molecule has 0 aliphatic heterocycles. The third kappa shape index (κ3) is 1.24. The third-order valence-electron chi connectivity index (χ3n) is 2.82. The summed E-state index contributed by atoms with van der Waals surface area (Å²) in [5, 5.41) is 2.09. The lowest BCUT2D eigenvalue weighted by molar-refractivity contribution is 0.724. The first-order valence-electron chi connectivity index (χ1n) is 4.62. The summed E-state index contributed by atoms with van der Waals surface area (Å²) >= 11 is 1.79. The van der Waals surface area contributed by atoms with Crippen LogP contribution in [-0.2, 0) is 0 Å². The van der Waals surface area contributed by atoms with E-state index in [0.29, 0.717) is 0 Å². The van der Waals surface area contributed by atoms with Crippen LogP contribution in [0.2, 0.25) is 0 Å². The Morgan fingerprint density at radius 3 is 2.58 bits per heavy atom. The quantitative estimate of drug-likeness (QED) is 0.706. The van der Waals surface area contributed by atoms with Gasteiger partial charge in [0, 0.05) is 15.9 Å². The fourth-order valence-corrected chi connectivity index (χ4v) is 3.06. The standard InChI is InChI=1S/C10H15NS/c1-7-10(9(11)6-12-7)8-4-2-3-5-8/h6,8H,2-5,11H2,1H3. The van der Waals surface area contributed by atoms with E-state index in [1.165, 1.54) is 36.1 Å². The highest BCUT2D eigenvalue weighted by Gasteiger charge is 2.21. The van der Waals surface area contributed by atoms with Crippen molar-refractivity contribution in [3.05, 3.63) is 15.8 Å². The van der Waals surface area contributed by atoms with Gasteiger partial charge in [-0.3, -0.25) is 0 Å². The first-order valence-corrected chi connectivity index (χ1v) is 5.50. The van der Waals surface area contributed by atoms with Gasteiger partial charge in [0.05, 0.1) is 0 Å². The first kappa shape index (κ1) is 8.11. The van der Waals surface area contributed by atoms with Gasteiger partial charge >= 0.3 is 0 Å². The number of nitrogen functional groups attached to an aromatic ring is 1. The minimum Gasteiger partial charge on any atom is -0.398 e. The monoisotopic (exact) mass is 181 g/mol. The molecule has 0 saturated heterocycles. The van der Waals surface area contributed by atoms with Crippen LogP contribution in [0.3, 0.4) is 0 Å². The lowest BCUT2D eigenvalue weighted by atomic mass is 9.97. The molecule has 1 aliphatic carbocycles. The molecule has 2 heteroatoms. The van der Waals surface area contributed by atoms with Gasteiger partial charge in [0.25, 0.3) is 0 Å². The minimum absolute atomic E-state index is 0.774. The number of rotatable bonds is 1. The summed E-state index contributed by atoms with van der Waals surface area (Å²) < 4.78 is 0. The molecular weight excluding hydrogens is 166 g/mol. The van der Waals surface area contributed by atoms with Gasteiger partial charge < -0.3 is 5.73 Å². The maximum atomic E-state index is 5.93. The van der Waals surface area contributed by atoms with E-state index in [-0.39, 0.29) is 0 Å². The molecule has 2 N–H and O–H groups in total. The van der Waals surface area contributed by atoms with Gasteiger partial charge in [0.1, 0.15) is 0 Å². The van der Waals surface area contributed by atoms with Gasteiger partial charge in [-0.05, 0) is 31.2 Å². The maximum absolute atomic E-state index is 5.93. The van der Waals surface area contributed by atoms with E-state index >= 15 is 0 Å². The normalized spacial score (nSPS) is 18.8. The van der Waals surface area contributed by atoms with Crippen LogP contribution in [0.1, 0.15) is 42.0 Å². The van der Waals surface area contributed by atoms with Gasteiger partial charge in [0.15, 0.2) is 0 Å². The molecule has 66 valence electrons. The Balaban J connectivity index is 2.30. The average molecular weight is 181 g/mol. The van der Waals surface area contributed by atoms with E-state index in [1.807, 2.05) is 0 Å². The highest BCUT2D eigenvalue weighted by atomic mass is 32.1. The van der Waals surface area contributed by atoms with Crippen LogP contribution < -0.4 is 5.73 Å². The summed E-state index contributed by atoms with van der Waals surface area (Å²) in [5.74, 6) is 0.774. The zero-order valence-electron chi connectivity index (χ0n) is 7.47. The molecule has 0 spiro atoms. The zero-order valence-corrected chi connectivity index (χ0v) is 8.29. The summed E-state index contributed by atoms with van der Waals surface area (Å²) in [4.78, 5) is 1.43. The number of hydrogen-bond donors (Lipinski definition) is 1. The minimum atomic E-state index is 0.774. The van der Waals surface area contributed by atoms with Crippen molar-refractivity contribution in [2.75, 3.05) is 5.73 Å². The summed E-state index contributed by atoms with van der Waals surface area (Å²) in [6, 6.07) is 0. The van der Waals surface area contributed by atoms with Gasteiger partial charge in [-0.1, -0.05) is 12.8 Å². The van der Waals surface area contributed by atoms with Gasteiger partial charge in [-0.15, -0.1) is 11.3 Å². The van der Waals surface area contributed by atoms with Crippen LogP contribution in [0.15, 0.2) is 5.38 Å². The van der Waals surface area contributed by atoms with E-state index in [2.05, 4.69) is 12.3 Å². The highest BCUT2D eigenvalue weighted by molar-refractivity contribution is 7.10. The Hall–Kier alpha value is -0.500. The second kappa shape index (κ2) is 3.09. The molecule has 12 heavy (non-hydrogen) atoms. The van der Waals surface area contributed by atoms with Gasteiger partial charge in [0.2, 0.25) is 0 Å². The molecule has 1 aromatic heterocycles. The molecule has 1 aliphatic rings. The molecule has 0 radical (unpaired) electrons. The van der Waals surface area contributed by atoms with Crippen LogP contribution in [0, 0.1) is 6.92 Å². The molecule has 0 amide bonds. The molecule has 0 bridgehead atoms. The van der Waals surface area contributed by atoms with Crippen molar-refractivity contribution in [3.63, 3.8) is 0 Å². The average Bonchev–Trinajstić information content (AvgIpc) is 2.61. The number of anilines is 1. The molecule has 1 fully saturated rings. The van der Waals surface area contributed by atoms with E-state index in [4.69, 9.17) is 5.73 Å². The molecule has 1 nitrogen and oxygen atoms in total. The summed E-state index contributed by atoms with van der Waals surface area (Å²) in [6.07, 6.45) is 5.47. The lowest BCUT2D eigenvalue weighted by Gasteiger charge is -2.09. The molecule has 2 rings (SSSR count). The summed E-state index contributed by atoms with van der Waals surface area (Å²) in [7, 11) is 0. The van der Waals surface area contributed by atoms with Crippen LogP contribution in [0.4, 0.5) is 5.69 Å². The fraction of sp³-hybridized carbons (Fsp3) is 0.600. The van der Waals surface area contributed by atoms with Crippen molar-refractivity contribution in [2.24, 2.45) is 0 Å². The zero-order chi connectivity index (χ0) is 8.55. The molecule has 1 aromatic rings. The van der Waals surface area contributed by atoms with Crippen LogP contribution in [-0.4, -0.2) is 0 Å². The summed E-state index contributed by atoms with van der Waals surface area (Å²) in [6.45, 7) is 2.19. The van der Waals surface area contributed by atoms with Crippen molar-refractivity contribution in [1.29, 1.82) is 0 Å². The summed E-state index contributed by atoms with van der Waals surface area (Å²) in [5.41, 5.74) is 8.42. The molecular formula is C10H15NS.